The predicted molar refractivity (Wildman–Crippen MR) is 98.1 cm³/mol. The van der Waals surface area contributed by atoms with E-state index in [9.17, 15) is 0 Å². The average molecular weight is 478 g/mol. The van der Waals surface area contributed by atoms with Gasteiger partial charge in [-0.2, -0.15) is 0 Å². The third-order valence-corrected chi connectivity index (χ3v) is 9.71. The monoisotopic (exact) mass is 478 g/mol. The van der Waals surface area contributed by atoms with Crippen LogP contribution in [0.5, 0.6) is 0 Å². The molecule has 1 aromatic heterocycles. The predicted octanol–water partition coefficient (Wildman–Crippen LogP) is 5.73. The third-order valence-electron chi connectivity index (χ3n) is 4.29. The quantitative estimate of drug-likeness (QED) is 0.273. The topological polar surface area (TPSA) is 27.1 Å². The van der Waals surface area contributed by atoms with E-state index in [0.717, 1.165) is 6.33 Å². The van der Waals surface area contributed by atoms with Gasteiger partial charge in [-0.25, -0.2) is 0 Å². The van der Waals surface area contributed by atoms with Crippen LogP contribution in [0.3, 0.4) is 0 Å². The van der Waals surface area contributed by atoms with Gasteiger partial charge in [0.1, 0.15) is 0 Å². The summed E-state index contributed by atoms with van der Waals surface area (Å²) in [5.41, 5.74) is -0.270. The summed E-state index contributed by atoms with van der Waals surface area (Å²) in [6.07, 6.45) is 0.766. The SMILES string of the molecule is CC1(C)OI(C(F)(F)C(F)(F)n2cnc3ccccc32)c2ccccc21. The Balaban J connectivity index is 1.84. The van der Waals surface area contributed by atoms with E-state index in [1.54, 1.807) is 38.1 Å². The summed E-state index contributed by atoms with van der Waals surface area (Å²) in [5, 5.41) is 0. The zero-order valence-corrected chi connectivity index (χ0v) is 16.0. The van der Waals surface area contributed by atoms with E-state index in [1.807, 2.05) is 0 Å². The summed E-state index contributed by atoms with van der Waals surface area (Å²) in [5.74, 6) is 0. The second-order valence-corrected chi connectivity index (χ2v) is 10.8. The Hall–Kier alpha value is -1.68. The Morgan fingerprint density at radius 1 is 1.00 bits per heavy atom. The van der Waals surface area contributed by atoms with Gasteiger partial charge in [0.25, 0.3) is 0 Å². The van der Waals surface area contributed by atoms with Crippen molar-refractivity contribution in [2.75, 3.05) is 0 Å². The number of fused-ring (bicyclic) bond motifs is 2. The number of hydrogen-bond acceptors (Lipinski definition) is 2. The Labute approximate surface area is 154 Å². The van der Waals surface area contributed by atoms with Crippen LogP contribution in [0.15, 0.2) is 54.9 Å². The number of hydrogen-bond donors (Lipinski definition) is 0. The van der Waals surface area contributed by atoms with Gasteiger partial charge in [0.05, 0.1) is 0 Å². The van der Waals surface area contributed by atoms with E-state index in [2.05, 4.69) is 4.98 Å². The van der Waals surface area contributed by atoms with Crippen LogP contribution in [-0.4, -0.2) is 13.5 Å². The van der Waals surface area contributed by atoms with E-state index in [-0.39, 0.29) is 19.2 Å². The number of rotatable bonds is 3. The van der Waals surface area contributed by atoms with Crippen molar-refractivity contribution in [1.29, 1.82) is 0 Å². The van der Waals surface area contributed by atoms with Crippen molar-refractivity contribution >= 4 is 31.3 Å². The van der Waals surface area contributed by atoms with Gasteiger partial charge in [-0.15, -0.1) is 0 Å². The normalized spacial score (nSPS) is 18.3. The molecule has 0 radical (unpaired) electrons. The van der Waals surface area contributed by atoms with Crippen molar-refractivity contribution < 1.29 is 20.6 Å². The molecule has 0 saturated heterocycles. The molecule has 0 unspecified atom stereocenters. The minimum absolute atomic E-state index is 0.0419. The fourth-order valence-electron chi connectivity index (χ4n) is 2.97. The molecule has 0 saturated carbocycles. The first kappa shape index (κ1) is 17.7. The molecule has 138 valence electrons. The van der Waals surface area contributed by atoms with Crippen molar-refractivity contribution in [3.05, 3.63) is 64.0 Å². The van der Waals surface area contributed by atoms with Gasteiger partial charge in [0.2, 0.25) is 0 Å². The molecule has 1 aliphatic rings. The molecular formula is C18H15F4IN2O. The number of alkyl halides is 5. The molecular weight excluding hydrogens is 463 g/mol. The van der Waals surface area contributed by atoms with Crippen LogP contribution in [0, 0.1) is 3.57 Å². The standard InChI is InChI=1S/C18H15F4IN2O/c1-16(2)12-7-3-4-8-13(12)23(26-16)17(19,20)18(21,22)25-11-24-14-9-5-6-10-15(14)25/h3-11H,1-2H3. The maximum atomic E-state index is 15.2. The van der Waals surface area contributed by atoms with Gasteiger partial charge in [-0.3, -0.25) is 0 Å². The van der Waals surface area contributed by atoms with Gasteiger partial charge in [0, 0.05) is 0 Å². The van der Waals surface area contributed by atoms with E-state index < -0.39 is 35.8 Å². The first-order valence-electron chi connectivity index (χ1n) is 7.83. The molecule has 0 bridgehead atoms. The number of nitrogens with zero attached hydrogens (tertiary/aromatic N) is 2. The maximum absolute atomic E-state index is 15.2. The molecule has 2 heterocycles. The Kier molecular flexibility index (Phi) is 3.85. The fraction of sp³-hybridized carbons (Fsp3) is 0.278. The molecule has 3 aromatic rings. The molecule has 26 heavy (non-hydrogen) atoms. The molecule has 0 fully saturated rings. The fourth-order valence-corrected chi connectivity index (χ4v) is 8.30. The Morgan fingerprint density at radius 2 is 1.65 bits per heavy atom. The van der Waals surface area contributed by atoms with Crippen LogP contribution in [0.2, 0.25) is 0 Å². The molecule has 1 aliphatic heterocycles. The molecule has 0 N–H and O–H groups in total. The third kappa shape index (κ3) is 2.38. The van der Waals surface area contributed by atoms with Crippen LogP contribution in [0.25, 0.3) is 11.0 Å². The van der Waals surface area contributed by atoms with Crippen molar-refractivity contribution in [2.45, 2.75) is 29.4 Å². The Bertz CT molecular complexity index is 986. The van der Waals surface area contributed by atoms with Crippen molar-refractivity contribution in [1.82, 2.24) is 9.55 Å². The summed E-state index contributed by atoms with van der Waals surface area (Å²) in [7, 11) is 0. The van der Waals surface area contributed by atoms with Crippen molar-refractivity contribution in [3.8, 4) is 0 Å². The first-order valence-corrected chi connectivity index (χ1v) is 10.9. The van der Waals surface area contributed by atoms with Crippen LogP contribution >= 0.6 is 20.2 Å². The van der Waals surface area contributed by atoms with E-state index in [4.69, 9.17) is 3.07 Å². The Morgan fingerprint density at radius 3 is 2.42 bits per heavy atom. The van der Waals surface area contributed by atoms with Crippen LogP contribution < -0.4 is 0 Å². The zero-order valence-electron chi connectivity index (χ0n) is 13.9. The minimum atomic E-state index is -4.46. The van der Waals surface area contributed by atoms with Gasteiger partial charge in [-0.05, 0) is 0 Å². The van der Waals surface area contributed by atoms with E-state index >= 15 is 17.6 Å². The van der Waals surface area contributed by atoms with Gasteiger partial charge in [-0.1, -0.05) is 0 Å². The molecule has 0 spiro atoms. The molecule has 0 aliphatic carbocycles. The summed E-state index contributed by atoms with van der Waals surface area (Å²) in [4.78, 5) is 3.82. The molecule has 3 nitrogen and oxygen atoms in total. The van der Waals surface area contributed by atoms with Gasteiger partial charge < -0.3 is 0 Å². The second kappa shape index (κ2) is 5.66. The number of para-hydroxylation sites is 2. The van der Waals surface area contributed by atoms with Crippen molar-refractivity contribution in [2.24, 2.45) is 0 Å². The number of imidazole rings is 1. The zero-order chi connectivity index (χ0) is 18.7. The molecule has 2 aromatic carbocycles. The van der Waals surface area contributed by atoms with Crippen molar-refractivity contribution in [3.63, 3.8) is 0 Å². The second-order valence-electron chi connectivity index (χ2n) is 6.46. The average Bonchev–Trinajstić information content (AvgIpc) is 3.15. The molecule has 4 rings (SSSR count). The molecule has 0 atom stereocenters. The van der Waals surface area contributed by atoms with Gasteiger partial charge in [0.15, 0.2) is 0 Å². The number of aromatic nitrogens is 2. The van der Waals surface area contributed by atoms with Crippen LogP contribution in [0.1, 0.15) is 19.4 Å². The first-order chi connectivity index (χ1) is 12.2. The molecule has 8 heteroatoms. The summed E-state index contributed by atoms with van der Waals surface area (Å²) < 4.78 is 62.1. The number of benzene rings is 2. The van der Waals surface area contributed by atoms with Gasteiger partial charge >= 0.3 is 155 Å². The van der Waals surface area contributed by atoms with Crippen LogP contribution in [-0.2, 0) is 14.7 Å². The summed E-state index contributed by atoms with van der Waals surface area (Å²) in [6, 6.07) is 7.94. The van der Waals surface area contributed by atoms with Crippen LogP contribution in [0.4, 0.5) is 17.6 Å². The van der Waals surface area contributed by atoms with E-state index in [1.165, 1.54) is 24.3 Å². The molecule has 0 amide bonds. The summed E-state index contributed by atoms with van der Waals surface area (Å²) in [6.45, 7) is 3.26. The summed E-state index contributed by atoms with van der Waals surface area (Å²) >= 11 is -4.02. The van der Waals surface area contributed by atoms with E-state index in [0.29, 0.717) is 5.56 Å². The number of halogens is 5.